The lowest BCUT2D eigenvalue weighted by atomic mass is 10.3. The lowest BCUT2D eigenvalue weighted by molar-refractivity contribution is 0.129. The number of ether oxygens (including phenoxy) is 1. The molecule has 6 heteroatoms. The van der Waals surface area contributed by atoms with Crippen molar-refractivity contribution in [3.8, 4) is 0 Å². The van der Waals surface area contributed by atoms with Gasteiger partial charge in [-0.2, -0.15) is 0 Å². The number of alkyl halides is 2. The van der Waals surface area contributed by atoms with Gasteiger partial charge in [-0.3, -0.25) is 0 Å². The normalized spacial score (nSPS) is 42.6. The maximum Gasteiger partial charge on any atom is 0.166 e. The second-order valence-electron chi connectivity index (χ2n) is 2.40. The molecule has 66 valence electrons. The number of hydrogen-bond donors (Lipinski definition) is 0. The summed E-state index contributed by atoms with van der Waals surface area (Å²) in [6.07, 6.45) is -0.232. The Morgan fingerprint density at radius 2 is 2.00 bits per heavy atom. The van der Waals surface area contributed by atoms with Gasteiger partial charge in [-0.05, 0) is 0 Å². The third-order valence-electron chi connectivity index (χ3n) is 1.65. The third kappa shape index (κ3) is 1.79. The van der Waals surface area contributed by atoms with E-state index in [1.807, 2.05) is 0 Å². The maximum atomic E-state index is 11.2. The molecule has 0 aromatic heterocycles. The highest BCUT2D eigenvalue weighted by molar-refractivity contribution is 9.13. The standard InChI is InChI=1S/C5H8Br2O3S/c1-10-3-2-11(8,9)5(7)4(3)6/h3-5H,2H2,1H3/t3-,4-,5-/m1/s1. The fourth-order valence-corrected chi connectivity index (χ4v) is 4.97. The number of hydrogen-bond acceptors (Lipinski definition) is 3. The van der Waals surface area contributed by atoms with Crippen molar-refractivity contribution in [1.29, 1.82) is 0 Å². The Morgan fingerprint density at radius 3 is 2.18 bits per heavy atom. The van der Waals surface area contributed by atoms with Gasteiger partial charge < -0.3 is 4.74 Å². The molecule has 3 atom stereocenters. The van der Waals surface area contributed by atoms with E-state index in [9.17, 15) is 8.42 Å². The summed E-state index contributed by atoms with van der Waals surface area (Å²) in [6, 6.07) is 0. The van der Waals surface area contributed by atoms with Crippen LogP contribution < -0.4 is 0 Å². The molecule has 0 radical (unpaired) electrons. The molecule has 0 spiro atoms. The van der Waals surface area contributed by atoms with Gasteiger partial charge in [0.15, 0.2) is 9.84 Å². The summed E-state index contributed by atoms with van der Waals surface area (Å²) < 4.78 is 26.8. The summed E-state index contributed by atoms with van der Waals surface area (Å²) in [4.78, 5) is -0.141. The highest BCUT2D eigenvalue weighted by Crippen LogP contribution is 2.32. The Hall–Kier alpha value is 0.870. The maximum absolute atomic E-state index is 11.2. The van der Waals surface area contributed by atoms with Crippen molar-refractivity contribution in [2.75, 3.05) is 12.9 Å². The number of halogens is 2. The van der Waals surface area contributed by atoms with Gasteiger partial charge in [-0.15, -0.1) is 0 Å². The van der Waals surface area contributed by atoms with Crippen LogP contribution in [-0.2, 0) is 14.6 Å². The molecule has 0 amide bonds. The van der Waals surface area contributed by atoms with Crippen molar-refractivity contribution >= 4 is 41.7 Å². The zero-order valence-corrected chi connectivity index (χ0v) is 9.82. The molecule has 3 nitrogen and oxygen atoms in total. The molecule has 0 aromatic carbocycles. The van der Waals surface area contributed by atoms with E-state index < -0.39 is 14.0 Å². The molecule has 0 aliphatic carbocycles. The van der Waals surface area contributed by atoms with E-state index in [4.69, 9.17) is 4.74 Å². The Kier molecular flexibility index (Phi) is 3.00. The van der Waals surface area contributed by atoms with Crippen LogP contribution in [0.25, 0.3) is 0 Å². The fourth-order valence-electron chi connectivity index (χ4n) is 0.978. The van der Waals surface area contributed by atoms with Crippen molar-refractivity contribution in [3.05, 3.63) is 0 Å². The summed E-state index contributed by atoms with van der Waals surface area (Å²) in [7, 11) is -1.48. The van der Waals surface area contributed by atoms with E-state index in [2.05, 4.69) is 31.9 Å². The molecule has 0 N–H and O–H groups in total. The van der Waals surface area contributed by atoms with Crippen molar-refractivity contribution < 1.29 is 13.2 Å². The van der Waals surface area contributed by atoms with Crippen LogP contribution in [0.4, 0.5) is 0 Å². The van der Waals surface area contributed by atoms with Crippen molar-refractivity contribution in [2.45, 2.75) is 15.1 Å². The van der Waals surface area contributed by atoms with Gasteiger partial charge in [0.1, 0.15) is 4.16 Å². The molecule has 1 fully saturated rings. The molecule has 0 aromatic rings. The van der Waals surface area contributed by atoms with Crippen LogP contribution in [0.2, 0.25) is 0 Å². The first-order valence-electron chi connectivity index (χ1n) is 3.01. The first-order chi connectivity index (χ1) is 4.99. The van der Waals surface area contributed by atoms with Gasteiger partial charge in [-0.1, -0.05) is 31.9 Å². The predicted octanol–water partition coefficient (Wildman–Crippen LogP) is 0.914. The predicted molar refractivity (Wildman–Crippen MR) is 50.0 cm³/mol. The quantitative estimate of drug-likeness (QED) is 0.677. The largest absolute Gasteiger partial charge is 0.379 e. The molecule has 1 saturated heterocycles. The van der Waals surface area contributed by atoms with Crippen molar-refractivity contribution in [3.63, 3.8) is 0 Å². The Bertz CT molecular complexity index is 238. The van der Waals surface area contributed by atoms with Gasteiger partial charge in [-0.25, -0.2) is 8.42 Å². The fraction of sp³-hybridized carbons (Fsp3) is 1.00. The van der Waals surface area contributed by atoms with E-state index in [-0.39, 0.29) is 16.7 Å². The zero-order valence-electron chi connectivity index (χ0n) is 5.83. The molecule has 11 heavy (non-hydrogen) atoms. The van der Waals surface area contributed by atoms with Crippen LogP contribution in [0.5, 0.6) is 0 Å². The summed E-state index contributed by atoms with van der Waals surface area (Å²) in [5.74, 6) is 0.0926. The third-order valence-corrected chi connectivity index (χ3v) is 7.88. The second kappa shape index (κ2) is 3.32. The van der Waals surface area contributed by atoms with Gasteiger partial charge in [0.05, 0.1) is 16.7 Å². The zero-order chi connectivity index (χ0) is 8.65. The Balaban J connectivity index is 2.86. The van der Waals surface area contributed by atoms with Crippen LogP contribution in [0.3, 0.4) is 0 Å². The first kappa shape index (κ1) is 9.95. The number of rotatable bonds is 1. The van der Waals surface area contributed by atoms with Gasteiger partial charge in [0.25, 0.3) is 0 Å². The summed E-state index contributed by atoms with van der Waals surface area (Å²) >= 11 is 6.35. The second-order valence-corrected chi connectivity index (χ2v) is 7.22. The Labute approximate surface area is 82.7 Å². The monoisotopic (exact) mass is 306 g/mol. The number of sulfone groups is 1. The molecule has 1 aliphatic heterocycles. The lowest BCUT2D eigenvalue weighted by Crippen LogP contribution is -2.22. The molecule has 0 unspecified atom stereocenters. The average molecular weight is 308 g/mol. The highest BCUT2D eigenvalue weighted by atomic mass is 79.9. The van der Waals surface area contributed by atoms with Crippen molar-refractivity contribution in [1.82, 2.24) is 0 Å². The SMILES string of the molecule is CO[C@@H]1CS(=O)(=O)[C@@H](Br)[C@@H]1Br. The van der Waals surface area contributed by atoms with Crippen LogP contribution in [0.15, 0.2) is 0 Å². The van der Waals surface area contributed by atoms with E-state index in [0.717, 1.165) is 0 Å². The highest BCUT2D eigenvalue weighted by Gasteiger charge is 2.44. The van der Waals surface area contributed by atoms with Crippen molar-refractivity contribution in [2.24, 2.45) is 0 Å². The molecule has 1 aliphatic rings. The van der Waals surface area contributed by atoms with Crippen LogP contribution >= 0.6 is 31.9 Å². The van der Waals surface area contributed by atoms with Crippen LogP contribution in [0, 0.1) is 0 Å². The van der Waals surface area contributed by atoms with Crippen LogP contribution in [0.1, 0.15) is 0 Å². The number of methoxy groups -OCH3 is 1. The van der Waals surface area contributed by atoms with E-state index in [0.29, 0.717) is 0 Å². The van der Waals surface area contributed by atoms with Gasteiger partial charge >= 0.3 is 0 Å². The van der Waals surface area contributed by atoms with E-state index >= 15 is 0 Å². The average Bonchev–Trinajstić information content (AvgIpc) is 2.13. The van der Waals surface area contributed by atoms with E-state index in [1.165, 1.54) is 7.11 Å². The summed E-state index contributed by atoms with van der Waals surface area (Å²) in [5, 5.41) is 0. The van der Waals surface area contributed by atoms with Gasteiger partial charge in [0, 0.05) is 7.11 Å². The van der Waals surface area contributed by atoms with Crippen LogP contribution in [-0.4, -0.2) is 36.4 Å². The minimum atomic E-state index is -2.99. The van der Waals surface area contributed by atoms with E-state index in [1.54, 1.807) is 0 Å². The molecular formula is C5H8Br2O3S. The molecule has 1 rings (SSSR count). The summed E-state index contributed by atoms with van der Waals surface area (Å²) in [6.45, 7) is 0. The van der Waals surface area contributed by atoms with Gasteiger partial charge in [0.2, 0.25) is 0 Å². The topological polar surface area (TPSA) is 43.4 Å². The minimum absolute atomic E-state index is 0.0926. The minimum Gasteiger partial charge on any atom is -0.379 e. The lowest BCUT2D eigenvalue weighted by Gasteiger charge is -2.10. The summed E-state index contributed by atoms with van der Waals surface area (Å²) in [5.41, 5.74) is 0. The molecular weight excluding hydrogens is 300 g/mol. The molecule has 0 saturated carbocycles. The first-order valence-corrected chi connectivity index (χ1v) is 6.56. The smallest absolute Gasteiger partial charge is 0.166 e. The Morgan fingerprint density at radius 1 is 1.45 bits per heavy atom. The molecule has 0 bridgehead atoms. The molecule has 1 heterocycles.